The predicted octanol–water partition coefficient (Wildman–Crippen LogP) is 3.97. The summed E-state index contributed by atoms with van der Waals surface area (Å²) in [5, 5.41) is 11.2. The van der Waals surface area contributed by atoms with Crippen LogP contribution in [0.4, 0.5) is 0 Å². The zero-order valence-electron chi connectivity index (χ0n) is 13.9. The molecule has 0 unspecified atom stereocenters. The Hall–Kier alpha value is -1.31. The zero-order chi connectivity index (χ0) is 17.4. The molecule has 0 aliphatic carbocycles. The van der Waals surface area contributed by atoms with Gasteiger partial charge in [-0.1, -0.05) is 71.3 Å². The molecule has 0 aliphatic heterocycles. The fourth-order valence-corrected chi connectivity index (χ4v) is 4.60. The van der Waals surface area contributed by atoms with Gasteiger partial charge in [-0.05, 0) is 31.4 Å². The molecule has 0 radical (unpaired) electrons. The molecule has 4 nitrogen and oxygen atoms in total. The first-order valence-electron chi connectivity index (χ1n) is 7.59. The van der Waals surface area contributed by atoms with Crippen LogP contribution in [-0.4, -0.2) is 34.2 Å². The molecule has 0 fully saturated rings. The van der Waals surface area contributed by atoms with E-state index < -0.39 is 0 Å². The van der Waals surface area contributed by atoms with Crippen LogP contribution in [0.25, 0.3) is 0 Å². The normalized spacial score (nSPS) is 10.6. The minimum absolute atomic E-state index is 0.0277. The number of aromatic nitrogens is 2. The third-order valence-corrected chi connectivity index (χ3v) is 6.55. The number of thioether (sulfide) groups is 2. The fraction of sp³-hybridized carbons (Fsp3) is 0.353. The highest BCUT2D eigenvalue weighted by atomic mass is 32.2. The van der Waals surface area contributed by atoms with Crippen molar-refractivity contribution in [1.82, 2.24) is 15.5 Å². The predicted molar refractivity (Wildman–Crippen MR) is 104 cm³/mol. The van der Waals surface area contributed by atoms with Gasteiger partial charge in [0, 0.05) is 12.3 Å². The second-order valence-corrected chi connectivity index (χ2v) is 8.82. The van der Waals surface area contributed by atoms with Crippen molar-refractivity contribution >= 4 is 40.8 Å². The maximum absolute atomic E-state index is 11.9. The molecule has 1 N–H and O–H groups in total. The third kappa shape index (κ3) is 6.67. The van der Waals surface area contributed by atoms with Crippen LogP contribution in [0.1, 0.15) is 18.1 Å². The summed E-state index contributed by atoms with van der Waals surface area (Å²) in [4.78, 5) is 11.9. The Balaban J connectivity index is 1.68. The summed E-state index contributed by atoms with van der Waals surface area (Å²) in [7, 11) is 0. The summed E-state index contributed by atoms with van der Waals surface area (Å²) in [6.45, 7) is 8.60. The average molecular weight is 380 g/mol. The minimum atomic E-state index is 0.0277. The lowest BCUT2D eigenvalue weighted by molar-refractivity contribution is -0.118. The average Bonchev–Trinajstić information content (AvgIpc) is 3.01. The van der Waals surface area contributed by atoms with Crippen LogP contribution in [0, 0.1) is 6.92 Å². The number of carbonyl (C=O) groups is 1. The first-order chi connectivity index (χ1) is 11.5. The van der Waals surface area contributed by atoms with Crippen molar-refractivity contribution in [3.63, 3.8) is 0 Å². The van der Waals surface area contributed by atoms with Gasteiger partial charge in [-0.3, -0.25) is 4.79 Å². The molecule has 1 aromatic carbocycles. The molecule has 7 heteroatoms. The summed E-state index contributed by atoms with van der Waals surface area (Å²) in [6, 6.07) is 8.24. The molecule has 1 heterocycles. The number of nitrogens with one attached hydrogen (secondary N) is 1. The van der Waals surface area contributed by atoms with E-state index in [9.17, 15) is 4.79 Å². The van der Waals surface area contributed by atoms with Gasteiger partial charge in [-0.2, -0.15) is 0 Å². The Labute approximate surface area is 155 Å². The number of hydrogen-bond donors (Lipinski definition) is 1. The minimum Gasteiger partial charge on any atom is -0.355 e. The summed E-state index contributed by atoms with van der Waals surface area (Å²) in [6.07, 6.45) is 0.851. The Morgan fingerprint density at radius 2 is 1.88 bits per heavy atom. The number of amides is 1. The number of rotatable bonds is 9. The van der Waals surface area contributed by atoms with Gasteiger partial charge in [0.1, 0.15) is 0 Å². The van der Waals surface area contributed by atoms with Crippen LogP contribution >= 0.6 is 34.9 Å². The van der Waals surface area contributed by atoms with Crippen molar-refractivity contribution in [2.24, 2.45) is 0 Å². The smallest absolute Gasteiger partial charge is 0.230 e. The standard InChI is InChI=1S/C17H21N3OS3/c1-12(2)10-22-16-19-20-17(24-16)23-11-15(21)18-9-8-14-7-5-4-6-13(14)3/h4-7H,1,8-11H2,2-3H3,(H,18,21). The van der Waals surface area contributed by atoms with Gasteiger partial charge in [0.2, 0.25) is 5.91 Å². The van der Waals surface area contributed by atoms with E-state index in [2.05, 4.69) is 41.1 Å². The van der Waals surface area contributed by atoms with Crippen molar-refractivity contribution in [1.29, 1.82) is 0 Å². The van der Waals surface area contributed by atoms with Gasteiger partial charge in [0.05, 0.1) is 5.75 Å². The molecule has 24 heavy (non-hydrogen) atoms. The highest BCUT2D eigenvalue weighted by Gasteiger charge is 2.08. The SMILES string of the molecule is C=C(C)CSc1nnc(SCC(=O)NCCc2ccccc2C)s1. The van der Waals surface area contributed by atoms with Crippen LogP contribution in [-0.2, 0) is 11.2 Å². The molecule has 0 saturated carbocycles. The van der Waals surface area contributed by atoms with Crippen molar-refractivity contribution in [3.8, 4) is 0 Å². The monoisotopic (exact) mass is 379 g/mol. The Morgan fingerprint density at radius 3 is 2.54 bits per heavy atom. The molecule has 2 aromatic rings. The van der Waals surface area contributed by atoms with E-state index in [0.29, 0.717) is 12.3 Å². The van der Waals surface area contributed by atoms with Crippen LogP contribution in [0.2, 0.25) is 0 Å². The fourth-order valence-electron chi connectivity index (χ4n) is 1.90. The van der Waals surface area contributed by atoms with Crippen LogP contribution in [0.15, 0.2) is 45.1 Å². The molecule has 0 atom stereocenters. The lowest BCUT2D eigenvalue weighted by Crippen LogP contribution is -2.27. The number of aryl methyl sites for hydroxylation is 1. The lowest BCUT2D eigenvalue weighted by Gasteiger charge is -2.06. The van der Waals surface area contributed by atoms with E-state index in [0.717, 1.165) is 26.4 Å². The quantitative estimate of drug-likeness (QED) is 0.528. The second-order valence-electron chi connectivity index (χ2n) is 5.39. The third-order valence-electron chi connectivity index (χ3n) is 3.13. The Morgan fingerprint density at radius 1 is 1.21 bits per heavy atom. The first kappa shape index (κ1) is 19.0. The molecule has 2 rings (SSSR count). The van der Waals surface area contributed by atoms with E-state index in [-0.39, 0.29) is 5.91 Å². The number of hydrogen-bond acceptors (Lipinski definition) is 6. The highest BCUT2D eigenvalue weighted by molar-refractivity contribution is 8.03. The van der Waals surface area contributed by atoms with E-state index in [4.69, 9.17) is 0 Å². The second kappa shape index (κ2) is 9.86. The van der Waals surface area contributed by atoms with Crippen molar-refractivity contribution in [2.75, 3.05) is 18.1 Å². The lowest BCUT2D eigenvalue weighted by atomic mass is 10.1. The van der Waals surface area contributed by atoms with Gasteiger partial charge in [-0.25, -0.2) is 0 Å². The Bertz CT molecular complexity index is 700. The van der Waals surface area contributed by atoms with Gasteiger partial charge < -0.3 is 5.32 Å². The van der Waals surface area contributed by atoms with Crippen LogP contribution in [0.3, 0.4) is 0 Å². The highest BCUT2D eigenvalue weighted by Crippen LogP contribution is 2.29. The number of carbonyl (C=O) groups excluding carboxylic acids is 1. The molecule has 0 aliphatic rings. The molecule has 1 amide bonds. The van der Waals surface area contributed by atoms with Crippen molar-refractivity contribution in [2.45, 2.75) is 28.9 Å². The molecule has 1 aromatic heterocycles. The van der Waals surface area contributed by atoms with Gasteiger partial charge in [0.15, 0.2) is 8.68 Å². The van der Waals surface area contributed by atoms with Crippen molar-refractivity contribution < 1.29 is 4.79 Å². The molecular formula is C17H21N3OS3. The first-order valence-corrected chi connectivity index (χ1v) is 10.4. The van der Waals surface area contributed by atoms with Crippen LogP contribution in [0.5, 0.6) is 0 Å². The summed E-state index contributed by atoms with van der Waals surface area (Å²) in [5.41, 5.74) is 3.64. The van der Waals surface area contributed by atoms with E-state index in [1.807, 2.05) is 19.1 Å². The molecule has 0 spiro atoms. The Kier molecular flexibility index (Phi) is 7.81. The largest absolute Gasteiger partial charge is 0.355 e. The van der Waals surface area contributed by atoms with Gasteiger partial charge in [0.25, 0.3) is 0 Å². The maximum atomic E-state index is 11.9. The molecule has 0 bridgehead atoms. The molecule has 128 valence electrons. The molecular weight excluding hydrogens is 358 g/mol. The van der Waals surface area contributed by atoms with E-state index >= 15 is 0 Å². The maximum Gasteiger partial charge on any atom is 0.230 e. The summed E-state index contributed by atoms with van der Waals surface area (Å²) in [5.74, 6) is 1.24. The van der Waals surface area contributed by atoms with E-state index in [1.165, 1.54) is 34.2 Å². The summed E-state index contributed by atoms with van der Waals surface area (Å²) < 4.78 is 1.74. The molecule has 0 saturated heterocycles. The zero-order valence-corrected chi connectivity index (χ0v) is 16.3. The van der Waals surface area contributed by atoms with Crippen molar-refractivity contribution in [3.05, 3.63) is 47.5 Å². The van der Waals surface area contributed by atoms with E-state index in [1.54, 1.807) is 11.8 Å². The van der Waals surface area contributed by atoms with Gasteiger partial charge >= 0.3 is 0 Å². The summed E-state index contributed by atoms with van der Waals surface area (Å²) >= 11 is 4.58. The van der Waals surface area contributed by atoms with Gasteiger partial charge in [-0.15, -0.1) is 10.2 Å². The number of benzene rings is 1. The number of nitrogens with zero attached hydrogens (tertiary/aromatic N) is 2. The van der Waals surface area contributed by atoms with Crippen LogP contribution < -0.4 is 5.32 Å². The topological polar surface area (TPSA) is 54.9 Å².